The lowest BCUT2D eigenvalue weighted by molar-refractivity contribution is 0.734. The fraction of sp³-hybridized carbons (Fsp3) is 0.235. The first-order valence-corrected chi connectivity index (χ1v) is 8.14. The second kappa shape index (κ2) is 6.15. The molecule has 0 spiro atoms. The van der Waals surface area contributed by atoms with Crippen molar-refractivity contribution in [3.63, 3.8) is 0 Å². The fourth-order valence-corrected chi connectivity index (χ4v) is 2.97. The lowest BCUT2D eigenvalue weighted by atomic mass is 10.1. The molecule has 2 heterocycles. The maximum Gasteiger partial charge on any atom is 0.140 e. The summed E-state index contributed by atoms with van der Waals surface area (Å²) >= 11 is 2.33. The molecule has 108 valence electrons. The van der Waals surface area contributed by atoms with Crippen LogP contribution in [0, 0.1) is 3.57 Å². The number of aromatic nitrogens is 2. The molecule has 0 fully saturated rings. The Hall–Kier alpha value is -1.40. The monoisotopic (exact) mass is 391 g/mol. The van der Waals surface area contributed by atoms with E-state index in [0.29, 0.717) is 0 Å². The van der Waals surface area contributed by atoms with Gasteiger partial charge in [-0.2, -0.15) is 0 Å². The van der Waals surface area contributed by atoms with Gasteiger partial charge in [-0.25, -0.2) is 4.98 Å². The van der Waals surface area contributed by atoms with E-state index < -0.39 is 0 Å². The summed E-state index contributed by atoms with van der Waals surface area (Å²) in [6, 6.07) is 12.9. The van der Waals surface area contributed by atoms with E-state index in [1.165, 1.54) is 20.1 Å². The highest BCUT2D eigenvalue weighted by molar-refractivity contribution is 14.1. The minimum absolute atomic E-state index is 0.155. The van der Waals surface area contributed by atoms with Crippen LogP contribution in [-0.4, -0.2) is 15.6 Å². The van der Waals surface area contributed by atoms with Crippen molar-refractivity contribution in [1.82, 2.24) is 9.55 Å². The Morgan fingerprint density at radius 1 is 1.24 bits per heavy atom. The summed E-state index contributed by atoms with van der Waals surface area (Å²) in [5.41, 5.74) is 9.56. The third-order valence-corrected chi connectivity index (χ3v) is 4.24. The lowest BCUT2D eigenvalue weighted by Gasteiger charge is -2.05. The first-order valence-electron chi connectivity index (χ1n) is 7.06. The van der Waals surface area contributed by atoms with Crippen molar-refractivity contribution in [2.75, 3.05) is 0 Å². The zero-order valence-electron chi connectivity index (χ0n) is 12.0. The average Bonchev–Trinajstić information content (AvgIpc) is 2.79. The van der Waals surface area contributed by atoms with Crippen LogP contribution < -0.4 is 5.73 Å². The molecule has 4 heteroatoms. The highest BCUT2D eigenvalue weighted by Gasteiger charge is 2.11. The van der Waals surface area contributed by atoms with Crippen LogP contribution in [-0.2, 0) is 13.0 Å². The summed E-state index contributed by atoms with van der Waals surface area (Å²) in [5, 5.41) is 1.21. The normalized spacial score (nSPS) is 12.7. The molecule has 0 amide bonds. The maximum absolute atomic E-state index is 5.96. The first kappa shape index (κ1) is 14.5. The topological polar surface area (TPSA) is 43.8 Å². The number of hydrogen-bond acceptors (Lipinski definition) is 2. The van der Waals surface area contributed by atoms with Gasteiger partial charge < -0.3 is 10.3 Å². The molecule has 2 N–H and O–H groups in total. The van der Waals surface area contributed by atoms with Gasteiger partial charge in [0.05, 0.1) is 0 Å². The SMILES string of the molecule is CC(N)Cc1cn(Cc2ccc(I)cc2)c2ncccc12. The number of nitrogens with two attached hydrogens (primary N) is 1. The first-order chi connectivity index (χ1) is 10.1. The van der Waals surface area contributed by atoms with E-state index in [4.69, 9.17) is 5.73 Å². The minimum Gasteiger partial charge on any atom is -0.328 e. The van der Waals surface area contributed by atoms with Crippen LogP contribution in [0.25, 0.3) is 11.0 Å². The molecule has 3 aromatic rings. The van der Waals surface area contributed by atoms with Gasteiger partial charge in [-0.3, -0.25) is 0 Å². The molecule has 0 bridgehead atoms. The number of fused-ring (bicyclic) bond motifs is 1. The van der Waals surface area contributed by atoms with Crippen molar-refractivity contribution in [3.05, 3.63) is 63.5 Å². The second-order valence-corrected chi connectivity index (χ2v) is 6.71. The molecule has 0 aliphatic rings. The summed E-state index contributed by atoms with van der Waals surface area (Å²) in [4.78, 5) is 4.54. The fourth-order valence-electron chi connectivity index (χ4n) is 2.61. The van der Waals surface area contributed by atoms with Crippen molar-refractivity contribution in [2.24, 2.45) is 5.73 Å². The Balaban J connectivity index is 2.00. The van der Waals surface area contributed by atoms with Crippen molar-refractivity contribution < 1.29 is 0 Å². The van der Waals surface area contributed by atoms with Crippen LogP contribution in [0.4, 0.5) is 0 Å². The van der Waals surface area contributed by atoms with Crippen molar-refractivity contribution in [3.8, 4) is 0 Å². The lowest BCUT2D eigenvalue weighted by Crippen LogP contribution is -2.17. The molecule has 0 aliphatic heterocycles. The Kier molecular flexibility index (Phi) is 4.26. The number of halogens is 1. The van der Waals surface area contributed by atoms with Gasteiger partial charge in [0.1, 0.15) is 5.65 Å². The molecule has 3 rings (SSSR count). The molecule has 0 saturated carbocycles. The molecule has 1 aromatic carbocycles. The molecule has 1 unspecified atom stereocenters. The number of hydrogen-bond donors (Lipinski definition) is 1. The standard InChI is InChI=1S/C17H18IN3/c1-12(19)9-14-11-21(17-16(14)3-2-8-20-17)10-13-4-6-15(18)7-5-13/h2-8,11-12H,9-10,19H2,1H3. The summed E-state index contributed by atoms with van der Waals surface area (Å²) in [6.45, 7) is 2.88. The molecule has 0 radical (unpaired) electrons. The van der Waals surface area contributed by atoms with E-state index in [1.54, 1.807) is 0 Å². The molecule has 21 heavy (non-hydrogen) atoms. The van der Waals surface area contributed by atoms with Crippen LogP contribution in [0.5, 0.6) is 0 Å². The van der Waals surface area contributed by atoms with Gasteiger partial charge in [0.2, 0.25) is 0 Å². The van der Waals surface area contributed by atoms with Crippen molar-refractivity contribution in [2.45, 2.75) is 25.9 Å². The van der Waals surface area contributed by atoms with Crippen LogP contribution >= 0.6 is 22.6 Å². The minimum atomic E-state index is 0.155. The van der Waals surface area contributed by atoms with E-state index in [1.807, 2.05) is 19.2 Å². The van der Waals surface area contributed by atoms with Crippen LogP contribution in [0.3, 0.4) is 0 Å². The number of pyridine rings is 1. The van der Waals surface area contributed by atoms with Gasteiger partial charge >= 0.3 is 0 Å². The van der Waals surface area contributed by atoms with E-state index in [2.05, 4.69) is 68.7 Å². The van der Waals surface area contributed by atoms with Gasteiger partial charge in [0, 0.05) is 33.9 Å². The van der Waals surface area contributed by atoms with Gasteiger partial charge in [0.15, 0.2) is 0 Å². The van der Waals surface area contributed by atoms with Crippen molar-refractivity contribution in [1.29, 1.82) is 0 Å². The summed E-state index contributed by atoms with van der Waals surface area (Å²) in [6.07, 6.45) is 4.92. The maximum atomic E-state index is 5.96. The molecule has 2 aromatic heterocycles. The van der Waals surface area contributed by atoms with E-state index in [9.17, 15) is 0 Å². The molecular formula is C17H18IN3. The van der Waals surface area contributed by atoms with E-state index in [-0.39, 0.29) is 6.04 Å². The third kappa shape index (κ3) is 3.27. The summed E-state index contributed by atoms with van der Waals surface area (Å²) in [7, 11) is 0. The van der Waals surface area contributed by atoms with Crippen molar-refractivity contribution >= 4 is 33.6 Å². The largest absolute Gasteiger partial charge is 0.328 e. The molecule has 0 aliphatic carbocycles. The number of benzene rings is 1. The Morgan fingerprint density at radius 3 is 2.71 bits per heavy atom. The Morgan fingerprint density at radius 2 is 2.00 bits per heavy atom. The molecule has 0 saturated heterocycles. The highest BCUT2D eigenvalue weighted by Crippen LogP contribution is 2.22. The summed E-state index contributed by atoms with van der Waals surface area (Å²) in [5.74, 6) is 0. The van der Waals surface area contributed by atoms with Gasteiger partial charge in [-0.05, 0) is 71.3 Å². The zero-order valence-corrected chi connectivity index (χ0v) is 14.1. The molecule has 3 nitrogen and oxygen atoms in total. The third-order valence-electron chi connectivity index (χ3n) is 3.52. The predicted octanol–water partition coefficient (Wildman–Crippen LogP) is 3.58. The predicted molar refractivity (Wildman–Crippen MR) is 95.3 cm³/mol. The smallest absolute Gasteiger partial charge is 0.140 e. The number of rotatable bonds is 4. The van der Waals surface area contributed by atoms with Crippen LogP contribution in [0.1, 0.15) is 18.1 Å². The molecular weight excluding hydrogens is 373 g/mol. The van der Waals surface area contributed by atoms with E-state index >= 15 is 0 Å². The zero-order chi connectivity index (χ0) is 14.8. The second-order valence-electron chi connectivity index (χ2n) is 5.46. The quantitative estimate of drug-likeness (QED) is 0.691. The Bertz CT molecular complexity index is 744. The average molecular weight is 391 g/mol. The van der Waals surface area contributed by atoms with Crippen LogP contribution in [0.2, 0.25) is 0 Å². The number of nitrogens with zero attached hydrogens (tertiary/aromatic N) is 2. The van der Waals surface area contributed by atoms with Gasteiger partial charge in [-0.15, -0.1) is 0 Å². The van der Waals surface area contributed by atoms with Gasteiger partial charge in [0.25, 0.3) is 0 Å². The highest BCUT2D eigenvalue weighted by atomic mass is 127. The molecule has 1 atom stereocenters. The van der Waals surface area contributed by atoms with Crippen LogP contribution in [0.15, 0.2) is 48.8 Å². The summed E-state index contributed by atoms with van der Waals surface area (Å²) < 4.78 is 3.47. The van der Waals surface area contributed by atoms with Gasteiger partial charge in [-0.1, -0.05) is 12.1 Å². The van der Waals surface area contributed by atoms with E-state index in [0.717, 1.165) is 18.6 Å². The Labute approximate surface area is 138 Å².